The van der Waals surface area contributed by atoms with Gasteiger partial charge in [0.1, 0.15) is 0 Å². The van der Waals surface area contributed by atoms with E-state index in [1.54, 1.807) is 6.07 Å². The van der Waals surface area contributed by atoms with E-state index in [9.17, 15) is 4.79 Å². The molecule has 2 heterocycles. The first-order valence-corrected chi connectivity index (χ1v) is 6.44. The third-order valence-electron chi connectivity index (χ3n) is 3.81. The summed E-state index contributed by atoms with van der Waals surface area (Å²) in [6.45, 7) is 3.37. The predicted octanol–water partition coefficient (Wildman–Crippen LogP) is 1.58. The zero-order chi connectivity index (χ0) is 12.7. The number of hydrogen-bond donors (Lipinski definition) is 1. The van der Waals surface area contributed by atoms with Crippen LogP contribution in [0, 0.1) is 6.92 Å². The highest BCUT2D eigenvalue weighted by molar-refractivity contribution is 5.96. The zero-order valence-electron chi connectivity index (χ0n) is 10.6. The molecule has 2 unspecified atom stereocenters. The van der Waals surface area contributed by atoms with Crippen molar-refractivity contribution in [3.8, 4) is 0 Å². The van der Waals surface area contributed by atoms with Gasteiger partial charge in [0.15, 0.2) is 0 Å². The molecule has 2 atom stereocenters. The molecule has 4 nitrogen and oxygen atoms in total. The predicted molar refractivity (Wildman–Crippen MR) is 69.4 cm³/mol. The van der Waals surface area contributed by atoms with Gasteiger partial charge >= 0.3 is 0 Å². The van der Waals surface area contributed by atoms with Gasteiger partial charge in [-0.05, 0) is 43.5 Å². The van der Waals surface area contributed by atoms with Gasteiger partial charge in [0.2, 0.25) is 0 Å². The highest BCUT2D eigenvalue weighted by atomic mass is 16.5. The van der Waals surface area contributed by atoms with Crippen molar-refractivity contribution in [2.45, 2.75) is 32.0 Å². The molecule has 2 aliphatic rings. The summed E-state index contributed by atoms with van der Waals surface area (Å²) < 4.78 is 5.75. The van der Waals surface area contributed by atoms with Crippen molar-refractivity contribution in [3.63, 3.8) is 0 Å². The van der Waals surface area contributed by atoms with Gasteiger partial charge in [0.05, 0.1) is 12.2 Å². The van der Waals surface area contributed by atoms with Crippen molar-refractivity contribution in [3.05, 3.63) is 29.3 Å². The molecule has 96 valence electrons. The second kappa shape index (κ2) is 4.28. The monoisotopic (exact) mass is 246 g/mol. The summed E-state index contributed by atoms with van der Waals surface area (Å²) in [5.41, 5.74) is 8.11. The standard InChI is InChI=1S/C14H18N2O2/c1-9-6-10(15)2-5-13(9)14(17)16-7-11-3-4-12(8-16)18-11/h2,5-6,11-12H,3-4,7-8,15H2,1H3. The van der Waals surface area contributed by atoms with Crippen molar-refractivity contribution in [2.24, 2.45) is 0 Å². The van der Waals surface area contributed by atoms with Gasteiger partial charge in [0.25, 0.3) is 5.91 Å². The van der Waals surface area contributed by atoms with E-state index in [1.807, 2.05) is 24.0 Å². The number of anilines is 1. The number of hydrogen-bond acceptors (Lipinski definition) is 3. The van der Waals surface area contributed by atoms with Crippen LogP contribution in [0.1, 0.15) is 28.8 Å². The average Bonchev–Trinajstić information content (AvgIpc) is 2.67. The van der Waals surface area contributed by atoms with Gasteiger partial charge in [-0.1, -0.05) is 0 Å². The second-order valence-corrected chi connectivity index (χ2v) is 5.24. The Morgan fingerprint density at radius 2 is 2.00 bits per heavy atom. The van der Waals surface area contributed by atoms with Crippen molar-refractivity contribution in [2.75, 3.05) is 18.8 Å². The summed E-state index contributed by atoms with van der Waals surface area (Å²) in [5.74, 6) is 0.104. The fourth-order valence-electron chi connectivity index (χ4n) is 2.88. The number of likely N-dealkylation sites (tertiary alicyclic amines) is 1. The summed E-state index contributed by atoms with van der Waals surface area (Å²) in [4.78, 5) is 14.4. The molecule has 2 saturated heterocycles. The molecule has 0 aromatic heterocycles. The van der Waals surface area contributed by atoms with Crippen LogP contribution in [0.25, 0.3) is 0 Å². The maximum atomic E-state index is 12.5. The molecule has 2 N–H and O–H groups in total. The van der Waals surface area contributed by atoms with E-state index in [-0.39, 0.29) is 18.1 Å². The van der Waals surface area contributed by atoms with Crippen LogP contribution in [-0.2, 0) is 4.74 Å². The topological polar surface area (TPSA) is 55.6 Å². The minimum atomic E-state index is 0.104. The fraction of sp³-hybridized carbons (Fsp3) is 0.500. The molecule has 2 bridgehead atoms. The Kier molecular flexibility index (Phi) is 2.74. The largest absolute Gasteiger partial charge is 0.399 e. The number of carbonyl (C=O) groups excluding carboxylic acids is 1. The third-order valence-corrected chi connectivity index (χ3v) is 3.81. The number of nitrogens with two attached hydrogens (primary N) is 1. The molecule has 3 rings (SSSR count). The molecule has 2 aliphatic heterocycles. The highest BCUT2D eigenvalue weighted by Gasteiger charge is 2.36. The number of nitrogens with zero attached hydrogens (tertiary/aromatic N) is 1. The van der Waals surface area contributed by atoms with Crippen LogP contribution in [0.4, 0.5) is 5.69 Å². The number of fused-ring (bicyclic) bond motifs is 2. The van der Waals surface area contributed by atoms with Crippen LogP contribution in [0.15, 0.2) is 18.2 Å². The number of ether oxygens (including phenoxy) is 1. The Labute approximate surface area is 107 Å². The summed E-state index contributed by atoms with van der Waals surface area (Å²) in [6.07, 6.45) is 2.63. The lowest BCUT2D eigenvalue weighted by Gasteiger charge is -2.32. The van der Waals surface area contributed by atoms with Gasteiger partial charge in [0, 0.05) is 24.3 Å². The first-order chi connectivity index (χ1) is 8.63. The van der Waals surface area contributed by atoms with E-state index < -0.39 is 0 Å². The number of amides is 1. The molecule has 0 spiro atoms. The van der Waals surface area contributed by atoms with Gasteiger partial charge in [-0.15, -0.1) is 0 Å². The number of morpholine rings is 1. The SMILES string of the molecule is Cc1cc(N)ccc1C(=O)N1CC2CCC(C1)O2. The molecular weight excluding hydrogens is 228 g/mol. The third kappa shape index (κ3) is 1.97. The van der Waals surface area contributed by atoms with Crippen molar-refractivity contribution in [1.82, 2.24) is 4.90 Å². The molecule has 0 saturated carbocycles. The minimum absolute atomic E-state index is 0.104. The van der Waals surface area contributed by atoms with Crippen LogP contribution in [0.3, 0.4) is 0 Å². The Morgan fingerprint density at radius 1 is 1.33 bits per heavy atom. The van der Waals surface area contributed by atoms with Crippen LogP contribution >= 0.6 is 0 Å². The molecule has 4 heteroatoms. The summed E-state index contributed by atoms with van der Waals surface area (Å²) in [6, 6.07) is 5.46. The minimum Gasteiger partial charge on any atom is -0.399 e. The number of carbonyl (C=O) groups is 1. The van der Waals surface area contributed by atoms with E-state index in [0.29, 0.717) is 5.69 Å². The van der Waals surface area contributed by atoms with Gasteiger partial charge in [-0.25, -0.2) is 0 Å². The molecule has 0 radical (unpaired) electrons. The fourth-order valence-corrected chi connectivity index (χ4v) is 2.88. The highest BCUT2D eigenvalue weighted by Crippen LogP contribution is 2.27. The first-order valence-electron chi connectivity index (χ1n) is 6.44. The van der Waals surface area contributed by atoms with Crippen LogP contribution in [-0.4, -0.2) is 36.1 Å². The molecular formula is C14H18N2O2. The first kappa shape index (κ1) is 11.5. The molecule has 1 aromatic carbocycles. The smallest absolute Gasteiger partial charge is 0.254 e. The van der Waals surface area contributed by atoms with Crippen molar-refractivity contribution < 1.29 is 9.53 Å². The normalized spacial score (nSPS) is 26.4. The Morgan fingerprint density at radius 3 is 2.61 bits per heavy atom. The van der Waals surface area contributed by atoms with Gasteiger partial charge < -0.3 is 15.4 Å². The van der Waals surface area contributed by atoms with E-state index in [0.717, 1.165) is 37.1 Å². The maximum Gasteiger partial charge on any atom is 0.254 e. The Bertz CT molecular complexity index is 475. The lowest BCUT2D eigenvalue weighted by molar-refractivity contribution is -0.0303. The quantitative estimate of drug-likeness (QED) is 0.765. The lowest BCUT2D eigenvalue weighted by Crippen LogP contribution is -2.46. The molecule has 2 fully saturated rings. The zero-order valence-corrected chi connectivity index (χ0v) is 10.6. The molecule has 1 aromatic rings. The summed E-state index contributed by atoms with van der Waals surface area (Å²) in [5, 5.41) is 0. The van der Waals surface area contributed by atoms with Crippen LogP contribution < -0.4 is 5.73 Å². The summed E-state index contributed by atoms with van der Waals surface area (Å²) in [7, 11) is 0. The van der Waals surface area contributed by atoms with E-state index >= 15 is 0 Å². The molecule has 0 aliphatic carbocycles. The van der Waals surface area contributed by atoms with Crippen LogP contribution in [0.5, 0.6) is 0 Å². The maximum absolute atomic E-state index is 12.5. The molecule has 18 heavy (non-hydrogen) atoms. The Hall–Kier alpha value is -1.55. The van der Waals surface area contributed by atoms with Gasteiger partial charge in [-0.3, -0.25) is 4.79 Å². The molecule has 1 amide bonds. The number of nitrogen functional groups attached to an aromatic ring is 1. The van der Waals surface area contributed by atoms with Crippen molar-refractivity contribution >= 4 is 11.6 Å². The average molecular weight is 246 g/mol. The number of benzene rings is 1. The lowest BCUT2D eigenvalue weighted by atomic mass is 10.1. The number of aryl methyl sites for hydroxylation is 1. The van der Waals surface area contributed by atoms with E-state index in [1.165, 1.54) is 0 Å². The van der Waals surface area contributed by atoms with Gasteiger partial charge in [-0.2, -0.15) is 0 Å². The van der Waals surface area contributed by atoms with Crippen molar-refractivity contribution in [1.29, 1.82) is 0 Å². The van der Waals surface area contributed by atoms with Crippen LogP contribution in [0.2, 0.25) is 0 Å². The second-order valence-electron chi connectivity index (χ2n) is 5.24. The Balaban J connectivity index is 1.82. The number of rotatable bonds is 1. The summed E-state index contributed by atoms with van der Waals surface area (Å²) >= 11 is 0. The van der Waals surface area contributed by atoms with E-state index in [4.69, 9.17) is 10.5 Å². The van der Waals surface area contributed by atoms with E-state index in [2.05, 4.69) is 0 Å².